The summed E-state index contributed by atoms with van der Waals surface area (Å²) in [6.45, 7) is 0. The second-order valence-electron chi connectivity index (χ2n) is 11.6. The SMILES string of the molecule is CNC(c1ccccc1)C(c1ccccc1)c1ccc(-c2ccc3ccccc3c2-c2ccccc2-c2ccc(C#N)cc2)cc1. The summed E-state index contributed by atoms with van der Waals surface area (Å²) < 4.78 is 0. The molecule has 0 fully saturated rings. The minimum absolute atomic E-state index is 0.116. The van der Waals surface area contributed by atoms with Gasteiger partial charge in [0.2, 0.25) is 0 Å². The number of likely N-dealkylation sites (N-methyl/N-ethyl adjacent to an activating group) is 1. The van der Waals surface area contributed by atoms with Crippen LogP contribution in [0.15, 0.2) is 170 Å². The molecular formula is C44H34N2. The first-order chi connectivity index (χ1) is 22.7. The highest BCUT2D eigenvalue weighted by molar-refractivity contribution is 6.07. The number of fused-ring (bicyclic) bond motifs is 1. The van der Waals surface area contributed by atoms with Gasteiger partial charge in [-0.25, -0.2) is 0 Å². The number of nitrogens with zero attached hydrogens (tertiary/aromatic N) is 1. The van der Waals surface area contributed by atoms with Crippen LogP contribution in [-0.4, -0.2) is 7.05 Å². The Kier molecular flexibility index (Phi) is 8.25. The first-order valence-electron chi connectivity index (χ1n) is 15.7. The molecule has 2 nitrogen and oxygen atoms in total. The maximum absolute atomic E-state index is 9.38. The molecule has 0 aliphatic carbocycles. The zero-order chi connectivity index (χ0) is 31.3. The molecule has 0 aliphatic heterocycles. The lowest BCUT2D eigenvalue weighted by Crippen LogP contribution is -2.24. The van der Waals surface area contributed by atoms with Crippen LogP contribution in [0, 0.1) is 11.3 Å². The van der Waals surface area contributed by atoms with Crippen molar-refractivity contribution >= 4 is 10.8 Å². The van der Waals surface area contributed by atoms with Gasteiger partial charge in [0.15, 0.2) is 0 Å². The average Bonchev–Trinajstić information content (AvgIpc) is 3.14. The highest BCUT2D eigenvalue weighted by Gasteiger charge is 2.25. The quantitative estimate of drug-likeness (QED) is 0.191. The van der Waals surface area contributed by atoms with E-state index in [4.69, 9.17) is 0 Å². The first-order valence-corrected chi connectivity index (χ1v) is 15.7. The van der Waals surface area contributed by atoms with Crippen molar-refractivity contribution in [2.45, 2.75) is 12.0 Å². The Morgan fingerprint density at radius 1 is 0.478 bits per heavy atom. The molecule has 46 heavy (non-hydrogen) atoms. The normalized spacial score (nSPS) is 12.3. The third-order valence-corrected chi connectivity index (χ3v) is 8.99. The highest BCUT2D eigenvalue weighted by atomic mass is 14.9. The summed E-state index contributed by atoms with van der Waals surface area (Å²) in [4.78, 5) is 0. The molecule has 0 aromatic heterocycles. The van der Waals surface area contributed by atoms with Crippen LogP contribution in [0.3, 0.4) is 0 Å². The lowest BCUT2D eigenvalue weighted by Gasteiger charge is -2.29. The summed E-state index contributed by atoms with van der Waals surface area (Å²) in [6.07, 6.45) is 0. The predicted octanol–water partition coefficient (Wildman–Crippen LogP) is 10.8. The molecule has 0 spiro atoms. The van der Waals surface area contributed by atoms with Crippen molar-refractivity contribution in [2.24, 2.45) is 0 Å². The van der Waals surface area contributed by atoms with Crippen molar-refractivity contribution in [3.05, 3.63) is 192 Å². The Bertz CT molecular complexity index is 2120. The Hall–Kier alpha value is -5.75. The lowest BCUT2D eigenvalue weighted by atomic mass is 9.81. The summed E-state index contributed by atoms with van der Waals surface area (Å²) >= 11 is 0. The van der Waals surface area contributed by atoms with Gasteiger partial charge in [-0.1, -0.05) is 158 Å². The van der Waals surface area contributed by atoms with Crippen LogP contribution in [0.4, 0.5) is 0 Å². The number of nitriles is 1. The summed E-state index contributed by atoms with van der Waals surface area (Å²) in [7, 11) is 2.05. The Balaban J connectivity index is 1.37. The molecule has 0 saturated heterocycles. The van der Waals surface area contributed by atoms with Crippen molar-refractivity contribution in [3.8, 4) is 39.4 Å². The van der Waals surface area contributed by atoms with Crippen LogP contribution < -0.4 is 5.32 Å². The van der Waals surface area contributed by atoms with Crippen LogP contribution in [0.5, 0.6) is 0 Å². The number of hydrogen-bond donors (Lipinski definition) is 1. The number of benzene rings is 7. The summed E-state index contributed by atoms with van der Waals surface area (Å²) in [5.41, 5.74) is 11.4. The van der Waals surface area contributed by atoms with E-state index in [0.717, 1.165) is 11.1 Å². The van der Waals surface area contributed by atoms with Gasteiger partial charge in [0, 0.05) is 12.0 Å². The van der Waals surface area contributed by atoms with Crippen molar-refractivity contribution in [1.29, 1.82) is 5.26 Å². The summed E-state index contributed by atoms with van der Waals surface area (Å²) in [6, 6.07) is 62.6. The largest absolute Gasteiger partial charge is 0.312 e. The van der Waals surface area contributed by atoms with Gasteiger partial charge >= 0.3 is 0 Å². The number of rotatable bonds is 8. The summed E-state index contributed by atoms with van der Waals surface area (Å²) in [5, 5.41) is 15.4. The average molecular weight is 591 g/mol. The van der Waals surface area contributed by atoms with E-state index in [0.29, 0.717) is 5.56 Å². The molecule has 2 atom stereocenters. The van der Waals surface area contributed by atoms with Gasteiger partial charge in [-0.05, 0) is 80.0 Å². The maximum atomic E-state index is 9.38. The molecule has 1 N–H and O–H groups in total. The van der Waals surface area contributed by atoms with Gasteiger partial charge in [-0.2, -0.15) is 5.26 Å². The molecule has 220 valence electrons. The predicted molar refractivity (Wildman–Crippen MR) is 191 cm³/mol. The molecular weight excluding hydrogens is 556 g/mol. The minimum Gasteiger partial charge on any atom is -0.312 e. The van der Waals surface area contributed by atoms with Crippen LogP contribution in [0.1, 0.15) is 34.2 Å². The van der Waals surface area contributed by atoms with E-state index < -0.39 is 0 Å². The Morgan fingerprint density at radius 3 is 1.70 bits per heavy atom. The number of hydrogen-bond acceptors (Lipinski definition) is 2. The summed E-state index contributed by atoms with van der Waals surface area (Å²) in [5.74, 6) is 0.135. The Labute approximate surface area is 271 Å². The van der Waals surface area contributed by atoms with E-state index >= 15 is 0 Å². The van der Waals surface area contributed by atoms with Crippen molar-refractivity contribution in [2.75, 3.05) is 7.05 Å². The van der Waals surface area contributed by atoms with Crippen LogP contribution in [-0.2, 0) is 0 Å². The van der Waals surface area contributed by atoms with E-state index in [1.165, 1.54) is 49.7 Å². The van der Waals surface area contributed by atoms with Crippen LogP contribution in [0.2, 0.25) is 0 Å². The topological polar surface area (TPSA) is 35.8 Å². The maximum Gasteiger partial charge on any atom is 0.0991 e. The molecule has 7 aromatic rings. The molecule has 0 saturated carbocycles. The van der Waals surface area contributed by atoms with E-state index in [1.54, 1.807) is 0 Å². The Morgan fingerprint density at radius 2 is 1.02 bits per heavy atom. The molecule has 0 amide bonds. The molecule has 0 aliphatic rings. The van der Waals surface area contributed by atoms with Crippen LogP contribution in [0.25, 0.3) is 44.2 Å². The second-order valence-corrected chi connectivity index (χ2v) is 11.6. The highest BCUT2D eigenvalue weighted by Crippen LogP contribution is 2.43. The van der Waals surface area contributed by atoms with Crippen molar-refractivity contribution < 1.29 is 0 Å². The fraction of sp³-hybridized carbons (Fsp3) is 0.0682. The molecule has 0 radical (unpaired) electrons. The van der Waals surface area contributed by atoms with Gasteiger partial charge in [-0.3, -0.25) is 0 Å². The van der Waals surface area contributed by atoms with E-state index in [1.807, 2.05) is 24.3 Å². The van der Waals surface area contributed by atoms with E-state index in [-0.39, 0.29) is 12.0 Å². The monoisotopic (exact) mass is 590 g/mol. The van der Waals surface area contributed by atoms with Crippen molar-refractivity contribution in [3.63, 3.8) is 0 Å². The molecule has 2 heteroatoms. The minimum atomic E-state index is 0.116. The zero-order valence-corrected chi connectivity index (χ0v) is 25.8. The fourth-order valence-electron chi connectivity index (χ4n) is 6.77. The second kappa shape index (κ2) is 13.1. The molecule has 0 bridgehead atoms. The van der Waals surface area contributed by atoms with E-state index in [2.05, 4.69) is 164 Å². The van der Waals surface area contributed by atoms with Gasteiger partial charge in [0.05, 0.1) is 11.6 Å². The van der Waals surface area contributed by atoms with Gasteiger partial charge in [0.25, 0.3) is 0 Å². The lowest BCUT2D eigenvalue weighted by molar-refractivity contribution is 0.530. The fourth-order valence-corrected chi connectivity index (χ4v) is 6.77. The number of nitrogens with one attached hydrogen (secondary N) is 1. The zero-order valence-electron chi connectivity index (χ0n) is 25.8. The third kappa shape index (κ3) is 5.61. The van der Waals surface area contributed by atoms with Crippen LogP contribution >= 0.6 is 0 Å². The molecule has 7 aromatic carbocycles. The molecule has 7 rings (SSSR count). The van der Waals surface area contributed by atoms with Gasteiger partial charge in [-0.15, -0.1) is 0 Å². The molecule has 2 unspecified atom stereocenters. The smallest absolute Gasteiger partial charge is 0.0991 e. The first kappa shape index (κ1) is 29.0. The molecule has 0 heterocycles. The standard InChI is InChI=1S/C44H34N2/c1-46-44(37-15-6-3-7-16-37)42(35-13-4-2-5-14-35)36-26-24-34(25-27-36)40-29-28-32-12-8-9-18-39(32)43(40)41-19-11-10-17-38(41)33-22-20-31(30-45)21-23-33/h2-29,42,44,46H,1H3. The van der Waals surface area contributed by atoms with Gasteiger partial charge < -0.3 is 5.32 Å². The van der Waals surface area contributed by atoms with Gasteiger partial charge in [0.1, 0.15) is 0 Å². The van der Waals surface area contributed by atoms with E-state index in [9.17, 15) is 5.26 Å². The van der Waals surface area contributed by atoms with Crippen molar-refractivity contribution in [1.82, 2.24) is 5.32 Å². The third-order valence-electron chi connectivity index (χ3n) is 8.99.